The number of carbonyl (C=O) groups excluding carboxylic acids is 1. The van der Waals surface area contributed by atoms with Crippen LogP contribution in [-0.4, -0.2) is 17.3 Å². The lowest BCUT2D eigenvalue weighted by Gasteiger charge is -2.10. The van der Waals surface area contributed by atoms with Gasteiger partial charge >= 0.3 is 0 Å². The van der Waals surface area contributed by atoms with Gasteiger partial charge in [0.05, 0.1) is 0 Å². The maximum Gasteiger partial charge on any atom is 0.223 e. The number of hydrogen-bond acceptors (Lipinski definition) is 1. The molecular formula is C14H22BrNO. The Morgan fingerprint density at radius 2 is 1.82 bits per heavy atom. The molecule has 3 rings (SSSR count). The number of rotatable bonds is 3. The van der Waals surface area contributed by atoms with Gasteiger partial charge in [-0.2, -0.15) is 0 Å². The smallest absolute Gasteiger partial charge is 0.223 e. The second kappa shape index (κ2) is 4.91. The molecule has 0 bridgehead atoms. The molecular weight excluding hydrogens is 278 g/mol. The first-order valence-electron chi connectivity index (χ1n) is 7.17. The van der Waals surface area contributed by atoms with E-state index < -0.39 is 0 Å². The van der Waals surface area contributed by atoms with Crippen LogP contribution in [0.15, 0.2) is 0 Å². The van der Waals surface area contributed by atoms with Gasteiger partial charge < -0.3 is 5.32 Å². The Morgan fingerprint density at radius 1 is 1.12 bits per heavy atom. The van der Waals surface area contributed by atoms with Gasteiger partial charge in [-0.15, -0.1) is 0 Å². The summed E-state index contributed by atoms with van der Waals surface area (Å²) in [5.41, 5.74) is 0. The molecule has 0 aromatic rings. The Labute approximate surface area is 112 Å². The van der Waals surface area contributed by atoms with Crippen LogP contribution in [0, 0.1) is 23.7 Å². The lowest BCUT2D eigenvalue weighted by atomic mass is 10.0. The summed E-state index contributed by atoms with van der Waals surface area (Å²) in [4.78, 5) is 12.8. The molecule has 0 aromatic carbocycles. The summed E-state index contributed by atoms with van der Waals surface area (Å²) in [6.07, 6.45) is 9.07. The zero-order chi connectivity index (χ0) is 11.8. The molecule has 0 radical (unpaired) electrons. The summed E-state index contributed by atoms with van der Waals surface area (Å²) in [7, 11) is 0. The van der Waals surface area contributed by atoms with E-state index in [4.69, 9.17) is 0 Å². The van der Waals surface area contributed by atoms with E-state index in [0.29, 0.717) is 22.6 Å². The normalized spacial score (nSPS) is 44.2. The molecule has 4 unspecified atom stereocenters. The maximum atomic E-state index is 12.1. The van der Waals surface area contributed by atoms with E-state index in [1.54, 1.807) is 0 Å². The van der Waals surface area contributed by atoms with Gasteiger partial charge in [0.1, 0.15) is 0 Å². The van der Waals surface area contributed by atoms with Crippen LogP contribution in [0.5, 0.6) is 0 Å². The average Bonchev–Trinajstić information content (AvgIpc) is 2.93. The van der Waals surface area contributed by atoms with Crippen LogP contribution in [0.4, 0.5) is 0 Å². The summed E-state index contributed by atoms with van der Waals surface area (Å²) < 4.78 is 0. The molecule has 0 heterocycles. The minimum atomic E-state index is 0.361. The highest BCUT2D eigenvalue weighted by Crippen LogP contribution is 2.55. The van der Waals surface area contributed by atoms with Gasteiger partial charge in [0, 0.05) is 17.3 Å². The number of alkyl halides is 1. The van der Waals surface area contributed by atoms with Crippen LogP contribution in [-0.2, 0) is 4.79 Å². The lowest BCUT2D eigenvalue weighted by molar-refractivity contribution is -0.123. The Bertz CT molecular complexity index is 295. The van der Waals surface area contributed by atoms with E-state index in [1.165, 1.54) is 44.9 Å². The predicted molar refractivity (Wildman–Crippen MR) is 72.0 cm³/mol. The van der Waals surface area contributed by atoms with Crippen molar-refractivity contribution < 1.29 is 4.79 Å². The van der Waals surface area contributed by atoms with Crippen molar-refractivity contribution in [2.24, 2.45) is 23.7 Å². The number of hydrogen-bond donors (Lipinski definition) is 1. The van der Waals surface area contributed by atoms with Crippen molar-refractivity contribution in [2.75, 3.05) is 6.54 Å². The molecule has 3 fully saturated rings. The molecule has 96 valence electrons. The van der Waals surface area contributed by atoms with Crippen molar-refractivity contribution in [1.29, 1.82) is 0 Å². The molecule has 3 heteroatoms. The maximum absolute atomic E-state index is 12.1. The number of amides is 1. The van der Waals surface area contributed by atoms with E-state index in [-0.39, 0.29) is 0 Å². The third kappa shape index (κ3) is 2.54. The van der Waals surface area contributed by atoms with Gasteiger partial charge in [-0.05, 0) is 49.9 Å². The van der Waals surface area contributed by atoms with Gasteiger partial charge in [0.2, 0.25) is 5.91 Å². The predicted octanol–water partition coefficient (Wildman–Crippen LogP) is 3.10. The molecule has 3 aliphatic rings. The Hall–Kier alpha value is -0.0500. The van der Waals surface area contributed by atoms with Crippen molar-refractivity contribution >= 4 is 21.8 Å². The van der Waals surface area contributed by atoms with E-state index in [0.717, 1.165) is 18.4 Å². The highest BCUT2D eigenvalue weighted by Gasteiger charge is 2.54. The highest BCUT2D eigenvalue weighted by molar-refractivity contribution is 9.09. The molecule has 0 aliphatic heterocycles. The van der Waals surface area contributed by atoms with E-state index in [1.807, 2.05) is 0 Å². The number of nitrogens with one attached hydrogen (secondary N) is 1. The van der Waals surface area contributed by atoms with Crippen LogP contribution < -0.4 is 5.32 Å². The van der Waals surface area contributed by atoms with Crippen molar-refractivity contribution in [3.63, 3.8) is 0 Å². The number of fused-ring (bicyclic) bond motifs is 1. The first-order chi connectivity index (χ1) is 8.25. The second-order valence-corrected chi connectivity index (χ2v) is 7.45. The van der Waals surface area contributed by atoms with E-state index in [9.17, 15) is 4.79 Å². The van der Waals surface area contributed by atoms with Crippen molar-refractivity contribution in [3.8, 4) is 0 Å². The van der Waals surface area contributed by atoms with Crippen LogP contribution >= 0.6 is 15.9 Å². The molecule has 0 saturated heterocycles. The van der Waals surface area contributed by atoms with Crippen molar-refractivity contribution in [1.82, 2.24) is 5.32 Å². The Morgan fingerprint density at radius 3 is 2.41 bits per heavy atom. The zero-order valence-corrected chi connectivity index (χ0v) is 11.9. The molecule has 0 spiro atoms. The topological polar surface area (TPSA) is 29.1 Å². The van der Waals surface area contributed by atoms with Gasteiger partial charge in [-0.3, -0.25) is 4.79 Å². The van der Waals surface area contributed by atoms with Gasteiger partial charge in [-0.1, -0.05) is 28.8 Å². The molecule has 4 atom stereocenters. The number of halogens is 1. The van der Waals surface area contributed by atoms with Gasteiger partial charge in [-0.25, -0.2) is 0 Å². The molecule has 2 nitrogen and oxygen atoms in total. The quantitative estimate of drug-likeness (QED) is 0.797. The Balaban J connectivity index is 1.42. The van der Waals surface area contributed by atoms with E-state index >= 15 is 0 Å². The highest BCUT2D eigenvalue weighted by atomic mass is 79.9. The average molecular weight is 300 g/mol. The first kappa shape index (κ1) is 12.0. The summed E-state index contributed by atoms with van der Waals surface area (Å²) in [5, 5.41) is 3.20. The largest absolute Gasteiger partial charge is 0.356 e. The van der Waals surface area contributed by atoms with Gasteiger partial charge in [0.25, 0.3) is 0 Å². The summed E-state index contributed by atoms with van der Waals surface area (Å²) in [6, 6.07) is 0. The lowest BCUT2D eigenvalue weighted by Crippen LogP contribution is -2.30. The van der Waals surface area contributed by atoms with Crippen LogP contribution in [0.3, 0.4) is 0 Å². The molecule has 1 N–H and O–H groups in total. The molecule has 3 saturated carbocycles. The minimum Gasteiger partial charge on any atom is -0.356 e. The van der Waals surface area contributed by atoms with Crippen LogP contribution in [0.2, 0.25) is 0 Å². The van der Waals surface area contributed by atoms with E-state index in [2.05, 4.69) is 21.2 Å². The minimum absolute atomic E-state index is 0.361. The summed E-state index contributed by atoms with van der Waals surface area (Å²) in [5.74, 6) is 2.95. The second-order valence-electron chi connectivity index (χ2n) is 6.16. The molecule has 1 amide bonds. The monoisotopic (exact) mass is 299 g/mol. The summed E-state index contributed by atoms with van der Waals surface area (Å²) in [6.45, 7) is 0.914. The zero-order valence-electron chi connectivity index (χ0n) is 10.3. The van der Waals surface area contributed by atoms with Crippen molar-refractivity contribution in [2.45, 2.75) is 49.8 Å². The summed E-state index contributed by atoms with van der Waals surface area (Å²) >= 11 is 3.66. The fourth-order valence-electron chi connectivity index (χ4n) is 3.94. The first-order valence-corrected chi connectivity index (χ1v) is 8.09. The standard InChI is InChI=1S/C14H22BrNO/c15-10-6-5-9(7-10)8-16-14(17)13-11-3-1-2-4-12(11)13/h9-13H,1-8H2,(H,16,17). The van der Waals surface area contributed by atoms with Gasteiger partial charge in [0.15, 0.2) is 0 Å². The third-order valence-corrected chi connectivity index (χ3v) is 5.83. The van der Waals surface area contributed by atoms with Crippen LogP contribution in [0.1, 0.15) is 44.9 Å². The fraction of sp³-hybridized carbons (Fsp3) is 0.929. The van der Waals surface area contributed by atoms with Crippen LogP contribution in [0.25, 0.3) is 0 Å². The fourth-order valence-corrected chi connectivity index (χ4v) is 4.74. The number of carbonyl (C=O) groups is 1. The molecule has 17 heavy (non-hydrogen) atoms. The Kier molecular flexibility index (Phi) is 3.47. The molecule has 3 aliphatic carbocycles. The SMILES string of the molecule is O=C(NCC1CCC(Br)C1)C1C2CCCCC21. The molecule has 0 aromatic heterocycles. The third-order valence-electron chi connectivity index (χ3n) is 5.00. The van der Waals surface area contributed by atoms with Crippen molar-refractivity contribution in [3.05, 3.63) is 0 Å².